The lowest BCUT2D eigenvalue weighted by molar-refractivity contribution is -0.113. The first-order valence-electron chi connectivity index (χ1n) is 9.05. The Labute approximate surface area is 185 Å². The molecular weight excluding hydrogens is 443 g/mol. The van der Waals surface area contributed by atoms with Gasteiger partial charge in [-0.1, -0.05) is 29.2 Å². The molecular formula is C20H17FN4O4S2. The summed E-state index contributed by atoms with van der Waals surface area (Å²) in [5.74, 6) is -1.63. The van der Waals surface area contributed by atoms with Crippen LogP contribution in [0, 0.1) is 5.82 Å². The lowest BCUT2D eigenvalue weighted by Gasteiger charge is -2.06. The Hall–Kier alpha value is -3.31. The van der Waals surface area contributed by atoms with E-state index in [2.05, 4.69) is 20.8 Å². The minimum atomic E-state index is -0.511. The zero-order chi connectivity index (χ0) is 22.2. The van der Waals surface area contributed by atoms with Gasteiger partial charge in [0.05, 0.1) is 17.9 Å². The molecule has 0 bridgehead atoms. The number of anilines is 2. The molecule has 0 saturated carbocycles. The van der Waals surface area contributed by atoms with Crippen molar-refractivity contribution in [3.63, 3.8) is 0 Å². The van der Waals surface area contributed by atoms with Gasteiger partial charge in [0.1, 0.15) is 5.82 Å². The second kappa shape index (κ2) is 10.6. The number of hydrogen-bond acceptors (Lipinski definition) is 8. The number of carbonyl (C=O) groups excluding carboxylic acids is 3. The van der Waals surface area contributed by atoms with Crippen LogP contribution in [0.25, 0.3) is 0 Å². The fraction of sp³-hybridized carbons (Fsp3) is 0.150. The molecule has 3 rings (SSSR count). The van der Waals surface area contributed by atoms with Crippen molar-refractivity contribution >= 4 is 51.7 Å². The maximum atomic E-state index is 13.2. The van der Waals surface area contributed by atoms with Gasteiger partial charge >= 0.3 is 5.97 Å². The lowest BCUT2D eigenvalue weighted by atomic mass is 10.2. The Morgan fingerprint density at radius 2 is 1.84 bits per heavy atom. The molecule has 1 heterocycles. The Balaban J connectivity index is 1.48. The molecule has 0 unspecified atom stereocenters. The summed E-state index contributed by atoms with van der Waals surface area (Å²) in [5.41, 5.74) is 1.10. The fourth-order valence-corrected chi connectivity index (χ4v) is 3.89. The van der Waals surface area contributed by atoms with Crippen molar-refractivity contribution < 1.29 is 23.5 Å². The molecule has 11 heteroatoms. The van der Waals surface area contributed by atoms with Crippen molar-refractivity contribution in [3.8, 4) is 0 Å². The van der Waals surface area contributed by atoms with Crippen molar-refractivity contribution in [2.45, 2.75) is 11.3 Å². The third-order valence-electron chi connectivity index (χ3n) is 3.72. The van der Waals surface area contributed by atoms with E-state index in [1.54, 1.807) is 31.2 Å². The number of nitrogens with zero attached hydrogens (tertiary/aromatic N) is 2. The van der Waals surface area contributed by atoms with Crippen LogP contribution in [0.1, 0.15) is 27.6 Å². The Bertz CT molecular complexity index is 1090. The van der Waals surface area contributed by atoms with Crippen LogP contribution in [0.2, 0.25) is 0 Å². The third kappa shape index (κ3) is 6.59. The second-order valence-electron chi connectivity index (χ2n) is 5.97. The number of thioether (sulfide) groups is 1. The number of hydrogen-bond donors (Lipinski definition) is 2. The van der Waals surface area contributed by atoms with Gasteiger partial charge in [0.25, 0.3) is 5.91 Å². The van der Waals surface area contributed by atoms with Gasteiger partial charge in [0, 0.05) is 11.3 Å². The van der Waals surface area contributed by atoms with Crippen molar-refractivity contribution in [1.29, 1.82) is 0 Å². The first-order chi connectivity index (χ1) is 14.9. The van der Waals surface area contributed by atoms with Crippen LogP contribution in [0.4, 0.5) is 15.2 Å². The van der Waals surface area contributed by atoms with Crippen LogP contribution in [-0.2, 0) is 9.53 Å². The zero-order valence-corrected chi connectivity index (χ0v) is 17.9. The summed E-state index contributed by atoms with van der Waals surface area (Å²) in [5, 5.41) is 13.3. The van der Waals surface area contributed by atoms with Gasteiger partial charge in [0.15, 0.2) is 4.34 Å². The molecule has 2 amide bonds. The highest BCUT2D eigenvalue weighted by Crippen LogP contribution is 2.26. The predicted molar refractivity (Wildman–Crippen MR) is 116 cm³/mol. The summed E-state index contributed by atoms with van der Waals surface area (Å²) in [6.07, 6.45) is 0. The SMILES string of the molecule is CCOC(=O)c1ccc(NC(=O)CSc2nnc(NC(=O)c3cccc(F)c3)s2)cc1. The summed E-state index contributed by atoms with van der Waals surface area (Å²) in [6, 6.07) is 11.6. The number of esters is 1. The summed E-state index contributed by atoms with van der Waals surface area (Å²) in [7, 11) is 0. The summed E-state index contributed by atoms with van der Waals surface area (Å²) < 4.78 is 18.6. The quantitative estimate of drug-likeness (QED) is 0.299. The largest absolute Gasteiger partial charge is 0.462 e. The molecule has 1 aromatic heterocycles. The van der Waals surface area contributed by atoms with Crippen molar-refractivity contribution in [3.05, 3.63) is 65.5 Å². The minimum absolute atomic E-state index is 0.0755. The van der Waals surface area contributed by atoms with Crippen LogP contribution in [0.3, 0.4) is 0 Å². The monoisotopic (exact) mass is 460 g/mol. The van der Waals surface area contributed by atoms with Gasteiger partial charge in [-0.2, -0.15) is 0 Å². The van der Waals surface area contributed by atoms with Gasteiger partial charge in [-0.3, -0.25) is 14.9 Å². The zero-order valence-electron chi connectivity index (χ0n) is 16.3. The summed E-state index contributed by atoms with van der Waals surface area (Å²) in [4.78, 5) is 35.9. The number of benzene rings is 2. The number of rotatable bonds is 8. The molecule has 0 aliphatic heterocycles. The van der Waals surface area contributed by atoms with Gasteiger partial charge < -0.3 is 10.1 Å². The van der Waals surface area contributed by atoms with Crippen LogP contribution in [-0.4, -0.2) is 40.3 Å². The highest BCUT2D eigenvalue weighted by atomic mass is 32.2. The number of amides is 2. The van der Waals surface area contributed by atoms with Crippen LogP contribution < -0.4 is 10.6 Å². The van der Waals surface area contributed by atoms with Crippen LogP contribution in [0.15, 0.2) is 52.9 Å². The van der Waals surface area contributed by atoms with Gasteiger partial charge in [-0.05, 0) is 49.4 Å². The Kier molecular flexibility index (Phi) is 7.68. The standard InChI is InChI=1S/C20H17FN4O4S2/c1-2-29-18(28)12-6-8-15(9-7-12)22-16(26)11-30-20-25-24-19(31-20)23-17(27)13-4-3-5-14(21)10-13/h3-10H,2,11H2,1H3,(H,22,26)(H,23,24,27). The number of nitrogens with one attached hydrogen (secondary N) is 2. The van der Waals surface area contributed by atoms with E-state index in [0.717, 1.165) is 29.2 Å². The maximum Gasteiger partial charge on any atom is 0.338 e. The first kappa shape index (κ1) is 22.4. The van der Waals surface area contributed by atoms with Crippen LogP contribution >= 0.6 is 23.1 Å². The van der Waals surface area contributed by atoms with Crippen molar-refractivity contribution in [1.82, 2.24) is 10.2 Å². The molecule has 0 fully saturated rings. The van der Waals surface area contributed by atoms with E-state index in [1.807, 2.05) is 0 Å². The normalized spacial score (nSPS) is 10.4. The molecule has 0 atom stereocenters. The predicted octanol–water partition coefficient (Wildman–Crippen LogP) is 3.84. The number of halogens is 1. The maximum absolute atomic E-state index is 13.2. The highest BCUT2D eigenvalue weighted by Gasteiger charge is 2.13. The van der Waals surface area contributed by atoms with E-state index in [0.29, 0.717) is 15.6 Å². The van der Waals surface area contributed by atoms with E-state index in [9.17, 15) is 18.8 Å². The molecule has 0 spiro atoms. The molecule has 2 aromatic carbocycles. The minimum Gasteiger partial charge on any atom is -0.462 e. The number of carbonyl (C=O) groups is 3. The molecule has 160 valence electrons. The van der Waals surface area contributed by atoms with E-state index in [4.69, 9.17) is 4.74 Å². The molecule has 8 nitrogen and oxygen atoms in total. The molecule has 0 radical (unpaired) electrons. The van der Waals surface area contributed by atoms with Gasteiger partial charge in [-0.15, -0.1) is 10.2 Å². The molecule has 0 aliphatic rings. The lowest BCUT2D eigenvalue weighted by Crippen LogP contribution is -2.14. The van der Waals surface area contributed by atoms with Crippen molar-refractivity contribution in [2.24, 2.45) is 0 Å². The molecule has 2 N–H and O–H groups in total. The Morgan fingerprint density at radius 3 is 2.55 bits per heavy atom. The summed E-state index contributed by atoms with van der Waals surface area (Å²) >= 11 is 2.26. The molecule has 3 aromatic rings. The average molecular weight is 461 g/mol. The molecule has 0 saturated heterocycles. The van der Waals surface area contributed by atoms with Crippen LogP contribution in [0.5, 0.6) is 0 Å². The highest BCUT2D eigenvalue weighted by molar-refractivity contribution is 8.01. The topological polar surface area (TPSA) is 110 Å². The van der Waals surface area contributed by atoms with Crippen molar-refractivity contribution in [2.75, 3.05) is 23.0 Å². The van der Waals surface area contributed by atoms with E-state index < -0.39 is 17.7 Å². The molecule has 0 aliphatic carbocycles. The number of aromatic nitrogens is 2. The first-order valence-corrected chi connectivity index (χ1v) is 10.8. The van der Waals surface area contributed by atoms with E-state index >= 15 is 0 Å². The smallest absolute Gasteiger partial charge is 0.338 e. The van der Waals surface area contributed by atoms with Gasteiger partial charge in [0.2, 0.25) is 11.0 Å². The fourth-order valence-electron chi connectivity index (χ4n) is 2.35. The molecule has 31 heavy (non-hydrogen) atoms. The van der Waals surface area contributed by atoms with E-state index in [1.165, 1.54) is 18.2 Å². The average Bonchev–Trinajstić information content (AvgIpc) is 3.20. The third-order valence-corrected chi connectivity index (χ3v) is 5.69. The second-order valence-corrected chi connectivity index (χ2v) is 8.17. The van der Waals surface area contributed by atoms with E-state index in [-0.39, 0.29) is 29.0 Å². The Morgan fingerprint density at radius 1 is 1.06 bits per heavy atom. The number of ether oxygens (including phenoxy) is 1. The van der Waals surface area contributed by atoms with Gasteiger partial charge in [-0.25, -0.2) is 9.18 Å². The summed E-state index contributed by atoms with van der Waals surface area (Å²) in [6.45, 7) is 2.01.